The monoisotopic (exact) mass is 250 g/mol. The molecule has 5 heteroatoms. The second-order valence-electron chi connectivity index (χ2n) is 4.24. The SMILES string of the molecule is CC(C)Nc1ccccc1C(=O)NCCC(=O)O. The van der Waals surface area contributed by atoms with Crippen molar-refractivity contribution in [1.29, 1.82) is 0 Å². The first-order valence-electron chi connectivity index (χ1n) is 5.86. The summed E-state index contributed by atoms with van der Waals surface area (Å²) in [5, 5.41) is 14.3. The Balaban J connectivity index is 2.69. The van der Waals surface area contributed by atoms with Crippen LogP contribution in [0.5, 0.6) is 0 Å². The van der Waals surface area contributed by atoms with E-state index in [1.165, 1.54) is 0 Å². The summed E-state index contributed by atoms with van der Waals surface area (Å²) in [6.45, 7) is 4.10. The third kappa shape index (κ3) is 4.45. The molecule has 1 rings (SSSR count). The van der Waals surface area contributed by atoms with Gasteiger partial charge in [-0.05, 0) is 26.0 Å². The number of benzene rings is 1. The van der Waals surface area contributed by atoms with E-state index < -0.39 is 5.97 Å². The maximum absolute atomic E-state index is 11.9. The summed E-state index contributed by atoms with van der Waals surface area (Å²) >= 11 is 0. The largest absolute Gasteiger partial charge is 0.481 e. The number of anilines is 1. The second kappa shape index (κ2) is 6.64. The zero-order valence-electron chi connectivity index (χ0n) is 10.6. The predicted molar refractivity (Wildman–Crippen MR) is 69.8 cm³/mol. The maximum atomic E-state index is 11.9. The molecule has 0 saturated carbocycles. The fourth-order valence-corrected chi connectivity index (χ4v) is 1.50. The van der Waals surface area contributed by atoms with E-state index >= 15 is 0 Å². The number of para-hydroxylation sites is 1. The molecule has 0 atom stereocenters. The topological polar surface area (TPSA) is 78.4 Å². The first-order valence-corrected chi connectivity index (χ1v) is 5.86. The Morgan fingerprint density at radius 1 is 1.28 bits per heavy atom. The van der Waals surface area contributed by atoms with Crippen molar-refractivity contribution in [1.82, 2.24) is 5.32 Å². The number of carbonyl (C=O) groups excluding carboxylic acids is 1. The molecule has 0 bridgehead atoms. The number of carboxylic acids is 1. The van der Waals surface area contributed by atoms with Crippen molar-refractivity contribution in [3.05, 3.63) is 29.8 Å². The predicted octanol–water partition coefficient (Wildman–Crippen LogP) is 1.71. The van der Waals surface area contributed by atoms with Gasteiger partial charge in [0.2, 0.25) is 0 Å². The van der Waals surface area contributed by atoms with Crippen molar-refractivity contribution < 1.29 is 14.7 Å². The molecule has 1 amide bonds. The fraction of sp³-hybridized carbons (Fsp3) is 0.385. The molecule has 0 unspecified atom stereocenters. The molecule has 0 aromatic heterocycles. The van der Waals surface area contributed by atoms with Gasteiger partial charge in [0, 0.05) is 18.3 Å². The summed E-state index contributed by atoms with van der Waals surface area (Å²) in [5.41, 5.74) is 1.27. The number of nitrogens with one attached hydrogen (secondary N) is 2. The zero-order chi connectivity index (χ0) is 13.5. The molecule has 5 nitrogen and oxygen atoms in total. The van der Waals surface area contributed by atoms with E-state index in [0.29, 0.717) is 5.56 Å². The van der Waals surface area contributed by atoms with Crippen LogP contribution >= 0.6 is 0 Å². The Bertz CT molecular complexity index is 430. The molecule has 1 aromatic rings. The quantitative estimate of drug-likeness (QED) is 0.718. The highest BCUT2D eigenvalue weighted by Gasteiger charge is 2.11. The molecule has 18 heavy (non-hydrogen) atoms. The van der Waals surface area contributed by atoms with E-state index in [4.69, 9.17) is 5.11 Å². The van der Waals surface area contributed by atoms with Gasteiger partial charge >= 0.3 is 5.97 Å². The maximum Gasteiger partial charge on any atom is 0.305 e. The van der Waals surface area contributed by atoms with E-state index in [9.17, 15) is 9.59 Å². The average molecular weight is 250 g/mol. The molecule has 0 aliphatic rings. The van der Waals surface area contributed by atoms with Crippen LogP contribution in [0, 0.1) is 0 Å². The van der Waals surface area contributed by atoms with Gasteiger partial charge in [0.05, 0.1) is 12.0 Å². The average Bonchev–Trinajstić information content (AvgIpc) is 2.28. The summed E-state index contributed by atoms with van der Waals surface area (Å²) in [6.07, 6.45) is -0.0779. The number of hydrogen-bond donors (Lipinski definition) is 3. The van der Waals surface area contributed by atoms with E-state index in [1.807, 2.05) is 26.0 Å². The van der Waals surface area contributed by atoms with Crippen LogP contribution in [-0.2, 0) is 4.79 Å². The minimum atomic E-state index is -0.927. The Kier molecular flexibility index (Phi) is 5.17. The lowest BCUT2D eigenvalue weighted by Crippen LogP contribution is -2.27. The first kappa shape index (κ1) is 14.0. The molecule has 0 fully saturated rings. The van der Waals surface area contributed by atoms with Crippen molar-refractivity contribution in [3.8, 4) is 0 Å². The highest BCUT2D eigenvalue weighted by atomic mass is 16.4. The van der Waals surface area contributed by atoms with Crippen LogP contribution in [-0.4, -0.2) is 29.6 Å². The molecule has 0 spiro atoms. The molecule has 0 radical (unpaired) electrons. The lowest BCUT2D eigenvalue weighted by atomic mass is 10.1. The van der Waals surface area contributed by atoms with Crippen molar-refractivity contribution >= 4 is 17.6 Å². The molecule has 0 aliphatic heterocycles. The normalized spacial score (nSPS) is 10.2. The van der Waals surface area contributed by atoms with Crippen molar-refractivity contribution in [2.45, 2.75) is 26.3 Å². The highest BCUT2D eigenvalue weighted by molar-refractivity contribution is 5.99. The summed E-state index contributed by atoms with van der Waals surface area (Å²) < 4.78 is 0. The van der Waals surface area contributed by atoms with Gasteiger partial charge < -0.3 is 15.7 Å². The number of carbonyl (C=O) groups is 2. The second-order valence-corrected chi connectivity index (χ2v) is 4.24. The fourth-order valence-electron chi connectivity index (χ4n) is 1.50. The smallest absolute Gasteiger partial charge is 0.305 e. The van der Waals surface area contributed by atoms with E-state index in [2.05, 4.69) is 10.6 Å². The van der Waals surface area contributed by atoms with Gasteiger partial charge in [-0.2, -0.15) is 0 Å². The third-order valence-corrected chi connectivity index (χ3v) is 2.24. The molecule has 0 heterocycles. The Hall–Kier alpha value is -2.04. The number of aliphatic carboxylic acids is 1. The third-order valence-electron chi connectivity index (χ3n) is 2.24. The van der Waals surface area contributed by atoms with Crippen LogP contribution in [0.4, 0.5) is 5.69 Å². The van der Waals surface area contributed by atoms with Gasteiger partial charge in [-0.1, -0.05) is 12.1 Å². The Morgan fingerprint density at radius 3 is 2.56 bits per heavy atom. The minimum absolute atomic E-state index is 0.0779. The van der Waals surface area contributed by atoms with Gasteiger partial charge in [-0.15, -0.1) is 0 Å². The van der Waals surface area contributed by atoms with Gasteiger partial charge in [0.15, 0.2) is 0 Å². The molecule has 0 aliphatic carbocycles. The minimum Gasteiger partial charge on any atom is -0.481 e. The van der Waals surface area contributed by atoms with Crippen molar-refractivity contribution in [2.75, 3.05) is 11.9 Å². The van der Waals surface area contributed by atoms with Crippen LogP contribution in [0.2, 0.25) is 0 Å². The molecule has 0 saturated heterocycles. The van der Waals surface area contributed by atoms with Crippen LogP contribution in [0.3, 0.4) is 0 Å². The molecular weight excluding hydrogens is 232 g/mol. The van der Waals surface area contributed by atoms with Gasteiger partial charge in [-0.3, -0.25) is 9.59 Å². The Labute approximate surface area is 106 Å². The number of carboxylic acid groups (broad SMARTS) is 1. The summed E-state index contributed by atoms with van der Waals surface area (Å²) in [6, 6.07) is 7.38. The zero-order valence-corrected chi connectivity index (χ0v) is 10.6. The van der Waals surface area contributed by atoms with Crippen LogP contribution in [0.15, 0.2) is 24.3 Å². The number of hydrogen-bond acceptors (Lipinski definition) is 3. The summed E-state index contributed by atoms with van der Waals surface area (Å²) in [7, 11) is 0. The molecular formula is C13H18N2O3. The number of rotatable bonds is 6. The van der Waals surface area contributed by atoms with Crippen LogP contribution < -0.4 is 10.6 Å². The van der Waals surface area contributed by atoms with E-state index in [0.717, 1.165) is 5.69 Å². The van der Waals surface area contributed by atoms with Crippen LogP contribution in [0.25, 0.3) is 0 Å². The lowest BCUT2D eigenvalue weighted by molar-refractivity contribution is -0.136. The number of amides is 1. The van der Waals surface area contributed by atoms with E-state index in [-0.39, 0.29) is 24.9 Å². The van der Waals surface area contributed by atoms with Gasteiger partial charge in [-0.25, -0.2) is 0 Å². The highest BCUT2D eigenvalue weighted by Crippen LogP contribution is 2.15. The van der Waals surface area contributed by atoms with Gasteiger partial charge in [0.25, 0.3) is 5.91 Å². The molecule has 1 aromatic carbocycles. The van der Waals surface area contributed by atoms with Crippen molar-refractivity contribution in [3.63, 3.8) is 0 Å². The lowest BCUT2D eigenvalue weighted by Gasteiger charge is -2.14. The molecule has 98 valence electrons. The standard InChI is InChI=1S/C13H18N2O3/c1-9(2)15-11-6-4-3-5-10(11)13(18)14-8-7-12(16)17/h3-6,9,15H,7-8H2,1-2H3,(H,14,18)(H,16,17). The van der Waals surface area contributed by atoms with E-state index in [1.54, 1.807) is 12.1 Å². The summed E-state index contributed by atoms with van der Waals surface area (Å²) in [4.78, 5) is 22.3. The van der Waals surface area contributed by atoms with Crippen LogP contribution in [0.1, 0.15) is 30.6 Å². The van der Waals surface area contributed by atoms with Gasteiger partial charge in [0.1, 0.15) is 0 Å². The first-order chi connectivity index (χ1) is 8.50. The molecule has 3 N–H and O–H groups in total. The Morgan fingerprint density at radius 2 is 1.94 bits per heavy atom. The summed E-state index contributed by atoms with van der Waals surface area (Å²) in [5.74, 6) is -1.19. The van der Waals surface area contributed by atoms with Crippen molar-refractivity contribution in [2.24, 2.45) is 0 Å².